The van der Waals surface area contributed by atoms with Crippen molar-refractivity contribution in [2.24, 2.45) is 4.99 Å². The van der Waals surface area contributed by atoms with Crippen LogP contribution in [0.3, 0.4) is 0 Å². The van der Waals surface area contributed by atoms with E-state index in [9.17, 15) is 0 Å². The Balaban J connectivity index is 1.42. The van der Waals surface area contributed by atoms with Gasteiger partial charge in [-0.3, -0.25) is 4.99 Å². The normalized spacial score (nSPS) is 21.2. The highest BCUT2D eigenvalue weighted by atomic mass is 16.5. The molecule has 0 aliphatic heterocycles. The first-order valence-corrected chi connectivity index (χ1v) is 9.47. The Labute approximate surface area is 136 Å². The zero-order valence-corrected chi connectivity index (χ0v) is 14.4. The lowest BCUT2D eigenvalue weighted by Gasteiger charge is -2.21. The number of guanidine groups is 1. The first kappa shape index (κ1) is 17.6. The molecule has 22 heavy (non-hydrogen) atoms. The van der Waals surface area contributed by atoms with Gasteiger partial charge in [0.15, 0.2) is 5.96 Å². The van der Waals surface area contributed by atoms with Gasteiger partial charge in [-0.05, 0) is 44.9 Å². The summed E-state index contributed by atoms with van der Waals surface area (Å²) in [5.74, 6) is 0.977. The lowest BCUT2D eigenvalue weighted by atomic mass is 9.98. The molecule has 0 radical (unpaired) electrons. The first-order valence-electron chi connectivity index (χ1n) is 9.47. The molecule has 2 saturated carbocycles. The van der Waals surface area contributed by atoms with E-state index in [0.29, 0.717) is 12.1 Å². The van der Waals surface area contributed by atoms with Crippen LogP contribution < -0.4 is 10.6 Å². The summed E-state index contributed by atoms with van der Waals surface area (Å²) in [7, 11) is 1.86. The van der Waals surface area contributed by atoms with E-state index in [2.05, 4.69) is 15.6 Å². The van der Waals surface area contributed by atoms with Gasteiger partial charge in [-0.25, -0.2) is 0 Å². The van der Waals surface area contributed by atoms with Crippen LogP contribution in [0.2, 0.25) is 0 Å². The molecule has 4 heteroatoms. The number of unbranched alkanes of at least 4 members (excludes halogenated alkanes) is 2. The Morgan fingerprint density at radius 2 is 1.68 bits per heavy atom. The summed E-state index contributed by atoms with van der Waals surface area (Å²) >= 11 is 0. The second-order valence-corrected chi connectivity index (χ2v) is 6.82. The molecule has 2 aliphatic rings. The molecule has 0 spiro atoms. The third-order valence-electron chi connectivity index (χ3n) is 4.94. The molecule has 0 atom stereocenters. The Bertz CT molecular complexity index is 307. The fourth-order valence-corrected chi connectivity index (χ4v) is 3.55. The predicted molar refractivity (Wildman–Crippen MR) is 93.4 cm³/mol. The zero-order valence-electron chi connectivity index (χ0n) is 14.4. The van der Waals surface area contributed by atoms with Gasteiger partial charge < -0.3 is 15.4 Å². The van der Waals surface area contributed by atoms with Gasteiger partial charge in [-0.15, -0.1) is 0 Å². The Morgan fingerprint density at radius 1 is 0.955 bits per heavy atom. The summed E-state index contributed by atoms with van der Waals surface area (Å²) in [6, 6.07) is 0.634. The van der Waals surface area contributed by atoms with Gasteiger partial charge in [0.1, 0.15) is 0 Å². The summed E-state index contributed by atoms with van der Waals surface area (Å²) in [6.45, 7) is 1.95. The van der Waals surface area contributed by atoms with Gasteiger partial charge in [0.05, 0.1) is 6.10 Å². The molecule has 2 fully saturated rings. The van der Waals surface area contributed by atoms with Gasteiger partial charge in [-0.1, -0.05) is 32.1 Å². The van der Waals surface area contributed by atoms with Crippen molar-refractivity contribution >= 4 is 5.96 Å². The average molecular weight is 309 g/mol. The first-order chi connectivity index (χ1) is 10.9. The third-order valence-corrected chi connectivity index (χ3v) is 4.94. The molecule has 0 heterocycles. The lowest BCUT2D eigenvalue weighted by Crippen LogP contribution is -2.42. The number of hydrogen-bond acceptors (Lipinski definition) is 2. The minimum Gasteiger partial charge on any atom is -0.378 e. The largest absolute Gasteiger partial charge is 0.378 e. The minimum absolute atomic E-state index is 0.557. The highest BCUT2D eigenvalue weighted by Gasteiger charge is 2.15. The maximum atomic E-state index is 5.96. The van der Waals surface area contributed by atoms with Crippen molar-refractivity contribution in [1.29, 1.82) is 0 Å². The van der Waals surface area contributed by atoms with Gasteiger partial charge in [0, 0.05) is 26.2 Å². The number of nitrogens with one attached hydrogen (secondary N) is 2. The molecule has 4 nitrogen and oxygen atoms in total. The maximum Gasteiger partial charge on any atom is 0.191 e. The highest BCUT2D eigenvalue weighted by molar-refractivity contribution is 5.79. The van der Waals surface area contributed by atoms with Crippen molar-refractivity contribution in [3.05, 3.63) is 0 Å². The van der Waals surface area contributed by atoms with Gasteiger partial charge in [-0.2, -0.15) is 0 Å². The molecule has 2 aliphatic carbocycles. The van der Waals surface area contributed by atoms with E-state index >= 15 is 0 Å². The molecule has 2 rings (SSSR count). The van der Waals surface area contributed by atoms with Crippen LogP contribution in [-0.2, 0) is 4.74 Å². The van der Waals surface area contributed by atoms with E-state index in [4.69, 9.17) is 4.74 Å². The van der Waals surface area contributed by atoms with Crippen molar-refractivity contribution in [3.8, 4) is 0 Å². The second-order valence-electron chi connectivity index (χ2n) is 6.82. The van der Waals surface area contributed by atoms with Crippen molar-refractivity contribution in [1.82, 2.24) is 10.6 Å². The van der Waals surface area contributed by atoms with E-state index in [1.54, 1.807) is 0 Å². The summed E-state index contributed by atoms with van der Waals surface area (Å²) < 4.78 is 5.96. The predicted octanol–water partition coefficient (Wildman–Crippen LogP) is 3.61. The number of ether oxygens (including phenoxy) is 1. The topological polar surface area (TPSA) is 45.7 Å². The number of rotatable bonds is 8. The SMILES string of the molecule is CN=C(NCCCCCOC1CCCCC1)NC1CCCC1. The lowest BCUT2D eigenvalue weighted by molar-refractivity contribution is 0.0264. The van der Waals surface area contributed by atoms with Crippen LogP contribution in [0.1, 0.15) is 77.0 Å². The fourth-order valence-electron chi connectivity index (χ4n) is 3.55. The van der Waals surface area contributed by atoms with Crippen LogP contribution >= 0.6 is 0 Å². The van der Waals surface area contributed by atoms with Crippen LogP contribution in [-0.4, -0.2) is 38.3 Å². The van der Waals surface area contributed by atoms with Crippen LogP contribution in [0.25, 0.3) is 0 Å². The second kappa shape index (κ2) is 10.9. The molecule has 128 valence electrons. The molecule has 0 unspecified atom stereocenters. The number of nitrogens with zero attached hydrogens (tertiary/aromatic N) is 1. The molecule has 0 amide bonds. The number of hydrogen-bond donors (Lipinski definition) is 2. The molecule has 0 aromatic carbocycles. The van der Waals surface area contributed by atoms with Gasteiger partial charge in [0.2, 0.25) is 0 Å². The molecular weight excluding hydrogens is 274 g/mol. The van der Waals surface area contributed by atoms with Crippen molar-refractivity contribution < 1.29 is 4.74 Å². The molecule has 0 aromatic rings. The van der Waals surface area contributed by atoms with Crippen LogP contribution in [0.15, 0.2) is 4.99 Å². The fraction of sp³-hybridized carbons (Fsp3) is 0.944. The van der Waals surface area contributed by atoms with Gasteiger partial charge in [0.25, 0.3) is 0 Å². The quantitative estimate of drug-likeness (QED) is 0.409. The van der Waals surface area contributed by atoms with Crippen molar-refractivity contribution in [2.75, 3.05) is 20.2 Å². The van der Waals surface area contributed by atoms with Crippen LogP contribution in [0.5, 0.6) is 0 Å². The molecular formula is C18H35N3O. The summed E-state index contributed by atoms with van der Waals surface area (Å²) in [6.07, 6.45) is 16.2. The molecule has 2 N–H and O–H groups in total. The molecule has 0 saturated heterocycles. The van der Waals surface area contributed by atoms with E-state index < -0.39 is 0 Å². The summed E-state index contributed by atoms with van der Waals surface area (Å²) in [5, 5.41) is 6.96. The van der Waals surface area contributed by atoms with E-state index in [-0.39, 0.29) is 0 Å². The Kier molecular flexibility index (Phi) is 8.69. The van der Waals surface area contributed by atoms with Crippen LogP contribution in [0, 0.1) is 0 Å². The highest BCUT2D eigenvalue weighted by Crippen LogP contribution is 2.20. The van der Waals surface area contributed by atoms with Crippen LogP contribution in [0.4, 0.5) is 0 Å². The number of aliphatic imine (C=N–C) groups is 1. The minimum atomic E-state index is 0.557. The van der Waals surface area contributed by atoms with E-state index in [1.165, 1.54) is 77.0 Å². The van der Waals surface area contributed by atoms with E-state index in [0.717, 1.165) is 19.1 Å². The molecule has 0 bridgehead atoms. The van der Waals surface area contributed by atoms with Gasteiger partial charge >= 0.3 is 0 Å². The van der Waals surface area contributed by atoms with Crippen molar-refractivity contribution in [2.45, 2.75) is 89.2 Å². The third kappa shape index (κ3) is 6.99. The zero-order chi connectivity index (χ0) is 15.5. The van der Waals surface area contributed by atoms with E-state index in [1.807, 2.05) is 7.05 Å². The summed E-state index contributed by atoms with van der Waals surface area (Å²) in [4.78, 5) is 4.32. The smallest absolute Gasteiger partial charge is 0.191 e. The molecule has 0 aromatic heterocycles. The van der Waals surface area contributed by atoms with Crippen molar-refractivity contribution in [3.63, 3.8) is 0 Å². The standard InChI is InChI=1S/C18H35N3O/c1-19-18(21-16-10-6-7-11-16)20-14-8-3-9-15-22-17-12-4-2-5-13-17/h16-17H,2-15H2,1H3,(H2,19,20,21). The Hall–Kier alpha value is -0.770. The maximum absolute atomic E-state index is 5.96. The Morgan fingerprint density at radius 3 is 2.41 bits per heavy atom. The monoisotopic (exact) mass is 309 g/mol. The summed E-state index contributed by atoms with van der Waals surface area (Å²) in [5.41, 5.74) is 0. The average Bonchev–Trinajstić information content (AvgIpc) is 3.07.